The lowest BCUT2D eigenvalue weighted by Crippen LogP contribution is -2.35. The predicted molar refractivity (Wildman–Crippen MR) is 105 cm³/mol. The summed E-state index contributed by atoms with van der Waals surface area (Å²) in [4.78, 5) is 32.4. The van der Waals surface area contributed by atoms with E-state index in [0.29, 0.717) is 29.9 Å². The monoisotopic (exact) mass is 421 g/mol. The summed E-state index contributed by atoms with van der Waals surface area (Å²) in [5.74, 6) is -4.56. The average molecular weight is 422 g/mol. The molecule has 0 spiro atoms. The Kier molecular flexibility index (Phi) is 5.86. The molecule has 3 rings (SSSR count). The minimum atomic E-state index is -1.23. The third kappa shape index (κ3) is 3.81. The summed E-state index contributed by atoms with van der Waals surface area (Å²) in [6, 6.07) is 4.79. The van der Waals surface area contributed by atoms with E-state index in [0.717, 1.165) is 0 Å². The number of nitrogens with zero attached hydrogens (tertiary/aromatic N) is 3. The largest absolute Gasteiger partial charge is 0.481 e. The van der Waals surface area contributed by atoms with Crippen molar-refractivity contribution in [3.05, 3.63) is 63.8 Å². The van der Waals surface area contributed by atoms with E-state index in [1.807, 2.05) is 0 Å². The molecule has 2 aromatic rings. The van der Waals surface area contributed by atoms with Gasteiger partial charge in [0.1, 0.15) is 5.92 Å². The van der Waals surface area contributed by atoms with Crippen LogP contribution in [0.3, 0.4) is 0 Å². The number of carbonyl (C=O) groups is 2. The van der Waals surface area contributed by atoms with E-state index in [-0.39, 0.29) is 15.6 Å². The molecule has 2 atom stereocenters. The van der Waals surface area contributed by atoms with Crippen LogP contribution in [0.2, 0.25) is 10.0 Å². The Labute approximate surface area is 170 Å². The molecule has 0 saturated carbocycles. The third-order valence-corrected chi connectivity index (χ3v) is 5.53. The highest BCUT2D eigenvalue weighted by Crippen LogP contribution is 2.44. The number of aliphatic carboxylic acids is 2. The van der Waals surface area contributed by atoms with E-state index >= 15 is 0 Å². The van der Waals surface area contributed by atoms with E-state index in [4.69, 9.17) is 23.2 Å². The molecule has 0 fully saturated rings. The molecule has 28 heavy (non-hydrogen) atoms. The Balaban J connectivity index is 2.15. The highest BCUT2D eigenvalue weighted by Gasteiger charge is 2.42. The van der Waals surface area contributed by atoms with Crippen LogP contribution in [0.4, 0.5) is 0 Å². The lowest BCUT2D eigenvalue weighted by molar-refractivity contribution is -0.140. The van der Waals surface area contributed by atoms with Crippen molar-refractivity contribution in [2.45, 2.75) is 25.8 Å². The first kappa shape index (κ1) is 20.1. The number of hydrogen-bond acceptors (Lipinski definition) is 4. The lowest BCUT2D eigenvalue weighted by atomic mass is 9.75. The number of carboxylic acid groups (broad SMARTS) is 2. The smallest absolute Gasteiger partial charge is 0.334 e. The Hall–Kier alpha value is -2.64. The molecule has 0 bridgehead atoms. The lowest BCUT2D eigenvalue weighted by Gasteiger charge is -2.31. The first-order valence-electron chi connectivity index (χ1n) is 8.45. The highest BCUT2D eigenvalue weighted by molar-refractivity contribution is 6.42. The molecule has 0 radical (unpaired) electrons. The fourth-order valence-electron chi connectivity index (χ4n) is 3.45. The van der Waals surface area contributed by atoms with Crippen LogP contribution in [0, 0.1) is 5.92 Å². The second-order valence-corrected chi connectivity index (χ2v) is 7.19. The molecule has 0 aliphatic carbocycles. The zero-order valence-electron chi connectivity index (χ0n) is 14.8. The Morgan fingerprint density at radius 2 is 2.00 bits per heavy atom. The molecule has 2 heterocycles. The van der Waals surface area contributed by atoms with Gasteiger partial charge < -0.3 is 14.8 Å². The number of aromatic nitrogens is 2. The van der Waals surface area contributed by atoms with Crippen LogP contribution < -0.4 is 0 Å². The van der Waals surface area contributed by atoms with Crippen molar-refractivity contribution < 1.29 is 19.8 Å². The summed E-state index contributed by atoms with van der Waals surface area (Å²) < 4.78 is 1.79. The van der Waals surface area contributed by atoms with Gasteiger partial charge in [-0.2, -0.15) is 0 Å². The van der Waals surface area contributed by atoms with E-state index < -0.39 is 23.8 Å². The minimum absolute atomic E-state index is 0.0812. The maximum atomic E-state index is 12.2. The molecule has 7 nitrogen and oxygen atoms in total. The van der Waals surface area contributed by atoms with E-state index in [1.54, 1.807) is 48.4 Å². The van der Waals surface area contributed by atoms with E-state index in [9.17, 15) is 19.8 Å². The normalized spacial score (nSPS) is 19.5. The van der Waals surface area contributed by atoms with Gasteiger partial charge in [-0.3, -0.25) is 9.79 Å². The maximum Gasteiger partial charge on any atom is 0.334 e. The zero-order valence-corrected chi connectivity index (χ0v) is 16.4. The molecule has 0 amide bonds. The number of rotatable bonds is 6. The second kappa shape index (κ2) is 8.16. The summed E-state index contributed by atoms with van der Waals surface area (Å²) in [5.41, 5.74) is 0.909. The van der Waals surface area contributed by atoms with Crippen molar-refractivity contribution in [3.8, 4) is 0 Å². The van der Waals surface area contributed by atoms with Crippen LogP contribution in [0.5, 0.6) is 0 Å². The number of aryl methyl sites for hydroxylation is 1. The zero-order chi connectivity index (χ0) is 20.4. The van der Waals surface area contributed by atoms with Gasteiger partial charge in [-0.05, 0) is 18.6 Å². The molecule has 146 valence electrons. The summed E-state index contributed by atoms with van der Waals surface area (Å²) >= 11 is 12.4. The molecular weight excluding hydrogens is 405 g/mol. The van der Waals surface area contributed by atoms with Crippen molar-refractivity contribution in [3.63, 3.8) is 0 Å². The van der Waals surface area contributed by atoms with Gasteiger partial charge in [-0.25, -0.2) is 9.78 Å². The van der Waals surface area contributed by atoms with Crippen molar-refractivity contribution in [2.24, 2.45) is 10.9 Å². The number of benzene rings is 1. The predicted octanol–water partition coefficient (Wildman–Crippen LogP) is 3.88. The van der Waals surface area contributed by atoms with Gasteiger partial charge in [-0.15, -0.1) is 0 Å². The molecule has 1 aromatic carbocycles. The van der Waals surface area contributed by atoms with Gasteiger partial charge in [-0.1, -0.05) is 35.3 Å². The minimum Gasteiger partial charge on any atom is -0.481 e. The van der Waals surface area contributed by atoms with Gasteiger partial charge in [0, 0.05) is 37.0 Å². The average Bonchev–Trinajstić information content (AvgIpc) is 3.14. The second-order valence-electron chi connectivity index (χ2n) is 6.41. The summed E-state index contributed by atoms with van der Waals surface area (Å²) in [6.45, 7) is 2.04. The molecule has 2 unspecified atom stereocenters. The standard InChI is InChI=1S/C19H17Cl2N3O4/c1-10-14(18(25)26)15(11-3-2-4-12(20)17(11)21)16(19(27)28)13(23-10)5-7-24-8-6-22-9-24/h2-4,6,8-9,14-15H,5,7H2,1H3,(H,25,26)(H,27,28). The van der Waals surface area contributed by atoms with E-state index in [1.165, 1.54) is 0 Å². The maximum absolute atomic E-state index is 12.2. The molecule has 1 aromatic heterocycles. The highest BCUT2D eigenvalue weighted by atomic mass is 35.5. The number of allylic oxidation sites excluding steroid dienone is 1. The number of imidazole rings is 1. The molecule has 1 aliphatic rings. The molecular formula is C19H17Cl2N3O4. The SMILES string of the molecule is CC1=NC(CCn2ccnc2)=C(C(=O)O)C(c2cccc(Cl)c2Cl)C1C(=O)O. The first-order chi connectivity index (χ1) is 13.3. The van der Waals surface area contributed by atoms with Crippen LogP contribution in [0.25, 0.3) is 0 Å². The van der Waals surface area contributed by atoms with Crippen LogP contribution >= 0.6 is 23.2 Å². The number of carboxylic acids is 2. The molecule has 1 aliphatic heterocycles. The summed E-state index contributed by atoms with van der Waals surface area (Å²) in [5, 5.41) is 20.1. The molecule has 2 N–H and O–H groups in total. The van der Waals surface area contributed by atoms with Crippen molar-refractivity contribution in [1.82, 2.24) is 9.55 Å². The van der Waals surface area contributed by atoms with Crippen molar-refractivity contribution >= 4 is 40.9 Å². The number of halogens is 2. The van der Waals surface area contributed by atoms with Crippen molar-refractivity contribution in [1.29, 1.82) is 0 Å². The van der Waals surface area contributed by atoms with Gasteiger partial charge in [0.15, 0.2) is 0 Å². The number of aliphatic imine (C=N–C) groups is 1. The summed E-state index contributed by atoms with van der Waals surface area (Å²) in [6.07, 6.45) is 5.30. The first-order valence-corrected chi connectivity index (χ1v) is 9.20. The van der Waals surface area contributed by atoms with E-state index in [2.05, 4.69) is 9.98 Å². The Morgan fingerprint density at radius 3 is 2.61 bits per heavy atom. The van der Waals surface area contributed by atoms with Gasteiger partial charge in [0.05, 0.1) is 27.6 Å². The van der Waals surface area contributed by atoms with Gasteiger partial charge in [0.2, 0.25) is 0 Å². The molecule has 0 saturated heterocycles. The Morgan fingerprint density at radius 1 is 1.25 bits per heavy atom. The fraction of sp³-hybridized carbons (Fsp3) is 0.263. The van der Waals surface area contributed by atoms with Crippen LogP contribution in [-0.4, -0.2) is 37.4 Å². The van der Waals surface area contributed by atoms with Crippen molar-refractivity contribution in [2.75, 3.05) is 0 Å². The van der Waals surface area contributed by atoms with Gasteiger partial charge in [0.25, 0.3) is 0 Å². The Bertz CT molecular complexity index is 983. The van der Waals surface area contributed by atoms with Crippen LogP contribution in [0.1, 0.15) is 24.8 Å². The summed E-state index contributed by atoms with van der Waals surface area (Å²) in [7, 11) is 0. The topological polar surface area (TPSA) is 105 Å². The quantitative estimate of drug-likeness (QED) is 0.735. The number of hydrogen-bond donors (Lipinski definition) is 2. The van der Waals surface area contributed by atoms with Gasteiger partial charge >= 0.3 is 11.9 Å². The van der Waals surface area contributed by atoms with Crippen LogP contribution in [-0.2, 0) is 16.1 Å². The third-order valence-electron chi connectivity index (χ3n) is 4.70. The molecule has 9 heteroatoms. The fourth-order valence-corrected chi connectivity index (χ4v) is 3.87. The van der Waals surface area contributed by atoms with Crippen LogP contribution in [0.15, 0.2) is 53.2 Å².